The van der Waals surface area contributed by atoms with Crippen molar-refractivity contribution in [3.63, 3.8) is 0 Å². The normalized spacial score (nSPS) is 10.9. The molecule has 2 rings (SSSR count). The second-order valence-electron chi connectivity index (χ2n) is 5.50. The summed E-state index contributed by atoms with van der Waals surface area (Å²) in [5.74, 6) is -0.277. The third-order valence-corrected chi connectivity index (χ3v) is 3.17. The fraction of sp³-hybridized carbons (Fsp3) is 0.438. The van der Waals surface area contributed by atoms with E-state index in [1.54, 1.807) is 6.07 Å². The number of ether oxygens (including phenoxy) is 1. The maximum Gasteiger partial charge on any atom is 0.312 e. The molecule has 0 spiro atoms. The molecular formula is C16H20N2O4. The molecule has 1 aromatic carbocycles. The first-order valence-corrected chi connectivity index (χ1v) is 7.32. The Kier molecular flexibility index (Phi) is 5.52. The highest BCUT2D eigenvalue weighted by atomic mass is 16.5. The molecule has 2 aromatic rings. The van der Waals surface area contributed by atoms with Crippen LogP contribution in [0.4, 0.5) is 0 Å². The third kappa shape index (κ3) is 4.58. The van der Waals surface area contributed by atoms with Crippen molar-refractivity contribution in [2.45, 2.75) is 26.7 Å². The van der Waals surface area contributed by atoms with E-state index in [1.165, 1.54) is 0 Å². The lowest BCUT2D eigenvalue weighted by atomic mass is 10.1. The van der Waals surface area contributed by atoms with Gasteiger partial charge < -0.3 is 14.6 Å². The lowest BCUT2D eigenvalue weighted by Crippen LogP contribution is -2.30. The number of nitrogens with zero attached hydrogens (tertiary/aromatic N) is 1. The van der Waals surface area contributed by atoms with Crippen molar-refractivity contribution in [1.29, 1.82) is 0 Å². The molecule has 0 unspecified atom stereocenters. The van der Waals surface area contributed by atoms with Crippen LogP contribution in [-0.2, 0) is 20.7 Å². The minimum absolute atomic E-state index is 0.0176. The highest BCUT2D eigenvalue weighted by molar-refractivity contribution is 5.85. The van der Waals surface area contributed by atoms with Gasteiger partial charge in [-0.15, -0.1) is 0 Å². The van der Waals surface area contributed by atoms with Gasteiger partial charge in [0.1, 0.15) is 5.69 Å². The van der Waals surface area contributed by atoms with E-state index in [9.17, 15) is 9.59 Å². The standard InChI is InChI=1S/C16H20N2O4/c1-11(2)7-8-17-15(19)10-21-16(20)9-13-12-5-3-4-6-14(12)22-18-13/h3-6,11H,7-10H2,1-2H3,(H,17,19). The van der Waals surface area contributed by atoms with Crippen molar-refractivity contribution in [3.05, 3.63) is 30.0 Å². The van der Waals surface area contributed by atoms with Gasteiger partial charge in [0, 0.05) is 11.9 Å². The summed E-state index contributed by atoms with van der Waals surface area (Å²) >= 11 is 0. The number of hydrogen-bond donors (Lipinski definition) is 1. The minimum Gasteiger partial charge on any atom is -0.455 e. The van der Waals surface area contributed by atoms with Crippen molar-refractivity contribution in [1.82, 2.24) is 10.5 Å². The van der Waals surface area contributed by atoms with Crippen LogP contribution in [-0.4, -0.2) is 30.2 Å². The Morgan fingerprint density at radius 1 is 1.32 bits per heavy atom. The first-order chi connectivity index (χ1) is 10.6. The van der Waals surface area contributed by atoms with Crippen molar-refractivity contribution >= 4 is 22.8 Å². The first-order valence-electron chi connectivity index (χ1n) is 7.32. The molecule has 0 aliphatic rings. The molecule has 0 aliphatic carbocycles. The number of amides is 1. The molecule has 0 radical (unpaired) electrons. The number of carbonyl (C=O) groups is 2. The summed E-state index contributed by atoms with van der Waals surface area (Å²) in [6, 6.07) is 7.28. The topological polar surface area (TPSA) is 81.4 Å². The van der Waals surface area contributed by atoms with Crippen molar-refractivity contribution in [3.8, 4) is 0 Å². The van der Waals surface area contributed by atoms with Gasteiger partial charge in [-0.05, 0) is 24.5 Å². The van der Waals surface area contributed by atoms with E-state index in [2.05, 4.69) is 24.3 Å². The van der Waals surface area contributed by atoms with Crippen LogP contribution in [0.1, 0.15) is 26.0 Å². The highest BCUT2D eigenvalue weighted by Crippen LogP contribution is 2.18. The van der Waals surface area contributed by atoms with Gasteiger partial charge in [0.05, 0.1) is 6.42 Å². The number of fused-ring (bicyclic) bond motifs is 1. The van der Waals surface area contributed by atoms with Crippen LogP contribution in [0.15, 0.2) is 28.8 Å². The molecule has 22 heavy (non-hydrogen) atoms. The molecule has 0 fully saturated rings. The average Bonchev–Trinajstić information content (AvgIpc) is 2.88. The summed E-state index contributed by atoms with van der Waals surface area (Å²) in [4.78, 5) is 23.3. The highest BCUT2D eigenvalue weighted by Gasteiger charge is 2.14. The number of esters is 1. The maximum absolute atomic E-state index is 11.8. The van der Waals surface area contributed by atoms with E-state index in [1.807, 2.05) is 18.2 Å². The lowest BCUT2D eigenvalue weighted by Gasteiger charge is -2.07. The maximum atomic E-state index is 11.8. The van der Waals surface area contributed by atoms with Crippen LogP contribution in [0.25, 0.3) is 11.0 Å². The molecule has 1 heterocycles. The summed E-state index contributed by atoms with van der Waals surface area (Å²) in [5, 5.41) is 7.34. The van der Waals surface area contributed by atoms with Gasteiger partial charge >= 0.3 is 5.97 Å². The molecule has 1 N–H and O–H groups in total. The predicted molar refractivity (Wildman–Crippen MR) is 81.1 cm³/mol. The largest absolute Gasteiger partial charge is 0.455 e. The fourth-order valence-electron chi connectivity index (χ4n) is 1.95. The molecule has 1 amide bonds. The Labute approximate surface area is 128 Å². The molecular weight excluding hydrogens is 284 g/mol. The number of benzene rings is 1. The van der Waals surface area contributed by atoms with E-state index >= 15 is 0 Å². The number of aromatic nitrogens is 1. The molecule has 0 aliphatic heterocycles. The van der Waals surface area contributed by atoms with Gasteiger partial charge in [0.25, 0.3) is 5.91 Å². The lowest BCUT2D eigenvalue weighted by molar-refractivity contribution is -0.147. The Morgan fingerprint density at radius 2 is 2.09 bits per heavy atom. The second-order valence-corrected chi connectivity index (χ2v) is 5.50. The van der Waals surface area contributed by atoms with E-state index in [0.717, 1.165) is 11.8 Å². The van der Waals surface area contributed by atoms with Gasteiger partial charge in [-0.3, -0.25) is 9.59 Å². The van der Waals surface area contributed by atoms with Crippen LogP contribution < -0.4 is 5.32 Å². The second kappa shape index (κ2) is 7.59. The van der Waals surface area contributed by atoms with Crippen molar-refractivity contribution in [2.75, 3.05) is 13.2 Å². The van der Waals surface area contributed by atoms with Crippen LogP contribution in [0.2, 0.25) is 0 Å². The number of para-hydroxylation sites is 1. The van der Waals surface area contributed by atoms with E-state index in [-0.39, 0.29) is 18.9 Å². The summed E-state index contributed by atoms with van der Waals surface area (Å²) in [7, 11) is 0. The van der Waals surface area contributed by atoms with E-state index in [0.29, 0.717) is 23.7 Å². The van der Waals surface area contributed by atoms with Crippen molar-refractivity contribution < 1.29 is 18.8 Å². The zero-order chi connectivity index (χ0) is 15.9. The Balaban J connectivity index is 1.77. The number of hydrogen-bond acceptors (Lipinski definition) is 5. The predicted octanol–water partition coefficient (Wildman–Crippen LogP) is 2.08. The molecule has 6 heteroatoms. The van der Waals surface area contributed by atoms with Gasteiger partial charge in [-0.2, -0.15) is 0 Å². The SMILES string of the molecule is CC(C)CCNC(=O)COC(=O)Cc1noc2ccccc12. The number of nitrogens with one attached hydrogen (secondary N) is 1. The zero-order valence-corrected chi connectivity index (χ0v) is 12.8. The summed E-state index contributed by atoms with van der Waals surface area (Å²) in [6.45, 7) is 4.47. The van der Waals surface area contributed by atoms with Gasteiger partial charge in [0.2, 0.25) is 0 Å². The molecule has 118 valence electrons. The van der Waals surface area contributed by atoms with Crippen molar-refractivity contribution in [2.24, 2.45) is 5.92 Å². The van der Waals surface area contributed by atoms with Gasteiger partial charge in [0.15, 0.2) is 12.2 Å². The average molecular weight is 304 g/mol. The Morgan fingerprint density at radius 3 is 2.86 bits per heavy atom. The van der Waals surface area contributed by atoms with E-state index < -0.39 is 5.97 Å². The summed E-state index contributed by atoms with van der Waals surface area (Å²) < 4.78 is 10.1. The monoisotopic (exact) mass is 304 g/mol. The smallest absolute Gasteiger partial charge is 0.312 e. The van der Waals surface area contributed by atoms with Crippen LogP contribution in [0.3, 0.4) is 0 Å². The molecule has 0 bridgehead atoms. The molecule has 1 aromatic heterocycles. The first kappa shape index (κ1) is 16.0. The summed E-state index contributed by atoms with van der Waals surface area (Å²) in [6.07, 6.45) is 0.876. The number of carbonyl (C=O) groups excluding carboxylic acids is 2. The molecule has 0 atom stereocenters. The number of rotatable bonds is 7. The quantitative estimate of drug-likeness (QED) is 0.792. The Hall–Kier alpha value is -2.37. The van der Waals surface area contributed by atoms with Crippen LogP contribution in [0.5, 0.6) is 0 Å². The van der Waals surface area contributed by atoms with Crippen LogP contribution in [0, 0.1) is 5.92 Å². The van der Waals surface area contributed by atoms with Crippen LogP contribution >= 0.6 is 0 Å². The van der Waals surface area contributed by atoms with Gasteiger partial charge in [-0.1, -0.05) is 31.1 Å². The van der Waals surface area contributed by atoms with Gasteiger partial charge in [-0.25, -0.2) is 0 Å². The molecule has 0 saturated heterocycles. The fourth-order valence-corrected chi connectivity index (χ4v) is 1.95. The molecule has 6 nitrogen and oxygen atoms in total. The van der Waals surface area contributed by atoms with E-state index in [4.69, 9.17) is 9.26 Å². The Bertz CT molecular complexity index is 648. The molecule has 0 saturated carbocycles. The zero-order valence-electron chi connectivity index (χ0n) is 12.8. The minimum atomic E-state index is -0.502. The third-order valence-electron chi connectivity index (χ3n) is 3.17. The summed E-state index contributed by atoms with van der Waals surface area (Å²) in [5.41, 5.74) is 1.14.